The predicted molar refractivity (Wildman–Crippen MR) is 69.8 cm³/mol. The van der Waals surface area contributed by atoms with Gasteiger partial charge in [-0.1, -0.05) is 0 Å². The average molecular weight is 269 g/mol. The van der Waals surface area contributed by atoms with Gasteiger partial charge in [-0.05, 0) is 52.4 Å². The second-order valence-electron chi connectivity index (χ2n) is 6.64. The number of carbonyl (C=O) groups excluding carboxylic acids is 1. The molecule has 19 heavy (non-hydrogen) atoms. The highest BCUT2D eigenvalue weighted by Crippen LogP contribution is 2.41. The Morgan fingerprint density at radius 3 is 2.32 bits per heavy atom. The zero-order chi connectivity index (χ0) is 14.2. The molecule has 1 N–H and O–H groups in total. The van der Waals surface area contributed by atoms with Gasteiger partial charge in [-0.3, -0.25) is 4.79 Å². The Balaban J connectivity index is 2.03. The van der Waals surface area contributed by atoms with E-state index in [-0.39, 0.29) is 18.1 Å². The number of nitrogens with zero attached hydrogens (tertiary/aromatic N) is 1. The summed E-state index contributed by atoms with van der Waals surface area (Å²) in [5, 5.41) is 9.13. The van der Waals surface area contributed by atoms with Gasteiger partial charge in [0.05, 0.1) is 5.92 Å². The molecule has 0 spiro atoms. The van der Waals surface area contributed by atoms with E-state index < -0.39 is 11.6 Å². The van der Waals surface area contributed by atoms with Crippen LogP contribution in [0, 0.1) is 11.8 Å². The van der Waals surface area contributed by atoms with Crippen LogP contribution in [-0.4, -0.2) is 40.3 Å². The minimum Gasteiger partial charge on any atom is -0.481 e. The lowest BCUT2D eigenvalue weighted by molar-refractivity contribution is -0.144. The molecule has 1 amide bonds. The first-order valence-electron chi connectivity index (χ1n) is 7.00. The first-order valence-corrected chi connectivity index (χ1v) is 7.00. The van der Waals surface area contributed by atoms with E-state index in [1.54, 1.807) is 4.90 Å². The summed E-state index contributed by atoms with van der Waals surface area (Å²) >= 11 is 0. The van der Waals surface area contributed by atoms with Gasteiger partial charge in [0.1, 0.15) is 5.60 Å². The molecule has 1 saturated heterocycles. The summed E-state index contributed by atoms with van der Waals surface area (Å²) in [6.07, 6.45) is 2.98. The van der Waals surface area contributed by atoms with Crippen LogP contribution in [0.4, 0.5) is 4.79 Å². The molecule has 2 aliphatic rings. The molecular formula is C14H23NO4. The number of hydrogen-bond donors (Lipinski definition) is 1. The van der Waals surface area contributed by atoms with E-state index >= 15 is 0 Å². The van der Waals surface area contributed by atoms with Gasteiger partial charge in [-0.25, -0.2) is 4.79 Å². The summed E-state index contributed by atoms with van der Waals surface area (Å²) < 4.78 is 5.42. The van der Waals surface area contributed by atoms with E-state index in [2.05, 4.69) is 0 Å². The summed E-state index contributed by atoms with van der Waals surface area (Å²) in [4.78, 5) is 25.1. The maximum absolute atomic E-state index is 12.2. The Bertz CT molecular complexity index is 370. The molecule has 0 bridgehead atoms. The molecule has 2 unspecified atom stereocenters. The fourth-order valence-corrected chi connectivity index (χ4v) is 2.70. The van der Waals surface area contributed by atoms with Crippen molar-refractivity contribution in [1.82, 2.24) is 4.90 Å². The summed E-state index contributed by atoms with van der Waals surface area (Å²) in [5.74, 6) is -0.589. The number of likely N-dealkylation sites (tertiary alicyclic amines) is 1. The van der Waals surface area contributed by atoms with E-state index in [1.807, 2.05) is 20.8 Å². The fraction of sp³-hybridized carbons (Fsp3) is 0.857. The van der Waals surface area contributed by atoms with E-state index in [1.165, 1.54) is 0 Å². The van der Waals surface area contributed by atoms with Crippen molar-refractivity contribution in [2.45, 2.75) is 58.1 Å². The normalized spacial score (nSPS) is 28.1. The van der Waals surface area contributed by atoms with Gasteiger partial charge in [-0.15, -0.1) is 0 Å². The molecule has 108 valence electrons. The molecule has 5 nitrogen and oxygen atoms in total. The lowest BCUT2D eigenvalue weighted by atomic mass is 9.89. The SMILES string of the molecule is CC(C)(C)OC(=O)N1CCC(C(=O)O)CC1C1CC1. The van der Waals surface area contributed by atoms with Crippen molar-refractivity contribution >= 4 is 12.1 Å². The van der Waals surface area contributed by atoms with Gasteiger partial charge in [0, 0.05) is 12.6 Å². The standard InChI is InChI=1S/C14H23NO4/c1-14(2,3)19-13(18)15-7-6-10(12(16)17)8-11(15)9-4-5-9/h9-11H,4-8H2,1-3H3,(H,16,17). The van der Waals surface area contributed by atoms with Crippen LogP contribution in [0.1, 0.15) is 46.5 Å². The second kappa shape index (κ2) is 5.02. The topological polar surface area (TPSA) is 66.8 Å². The van der Waals surface area contributed by atoms with Crippen LogP contribution in [0.2, 0.25) is 0 Å². The van der Waals surface area contributed by atoms with Crippen molar-refractivity contribution in [1.29, 1.82) is 0 Å². The van der Waals surface area contributed by atoms with Crippen LogP contribution in [-0.2, 0) is 9.53 Å². The van der Waals surface area contributed by atoms with E-state index in [4.69, 9.17) is 9.84 Å². The van der Waals surface area contributed by atoms with Gasteiger partial charge in [0.15, 0.2) is 0 Å². The van der Waals surface area contributed by atoms with Crippen molar-refractivity contribution in [3.8, 4) is 0 Å². The highest BCUT2D eigenvalue weighted by Gasteiger charge is 2.44. The Hall–Kier alpha value is -1.26. The molecule has 1 aliphatic heterocycles. The molecule has 0 aromatic rings. The first-order chi connectivity index (χ1) is 8.78. The lowest BCUT2D eigenvalue weighted by Crippen LogP contribution is -2.50. The second-order valence-corrected chi connectivity index (χ2v) is 6.64. The van der Waals surface area contributed by atoms with E-state index in [9.17, 15) is 9.59 Å². The fourth-order valence-electron chi connectivity index (χ4n) is 2.70. The van der Waals surface area contributed by atoms with Crippen LogP contribution in [0.15, 0.2) is 0 Å². The molecule has 0 aromatic heterocycles. The molecule has 2 rings (SSSR count). The van der Waals surface area contributed by atoms with Crippen LogP contribution < -0.4 is 0 Å². The number of carboxylic acid groups (broad SMARTS) is 1. The number of hydrogen-bond acceptors (Lipinski definition) is 3. The third-order valence-corrected chi connectivity index (χ3v) is 3.79. The van der Waals surface area contributed by atoms with Gasteiger partial charge < -0.3 is 14.7 Å². The van der Waals surface area contributed by atoms with Crippen molar-refractivity contribution < 1.29 is 19.4 Å². The molecule has 1 saturated carbocycles. The summed E-state index contributed by atoms with van der Waals surface area (Å²) in [6.45, 7) is 6.04. The highest BCUT2D eigenvalue weighted by molar-refractivity contribution is 5.72. The van der Waals surface area contributed by atoms with E-state index in [0.717, 1.165) is 12.8 Å². The van der Waals surface area contributed by atoms with Gasteiger partial charge >= 0.3 is 12.1 Å². The van der Waals surface area contributed by atoms with Crippen LogP contribution in [0.5, 0.6) is 0 Å². The van der Waals surface area contributed by atoms with Crippen LogP contribution in [0.3, 0.4) is 0 Å². The highest BCUT2D eigenvalue weighted by atomic mass is 16.6. The lowest BCUT2D eigenvalue weighted by Gasteiger charge is -2.39. The van der Waals surface area contributed by atoms with E-state index in [0.29, 0.717) is 25.3 Å². The number of amides is 1. The summed E-state index contributed by atoms with van der Waals surface area (Å²) in [5.41, 5.74) is -0.505. The molecular weight excluding hydrogens is 246 g/mol. The molecule has 0 radical (unpaired) electrons. The quantitative estimate of drug-likeness (QED) is 0.836. The predicted octanol–water partition coefficient (Wildman–Crippen LogP) is 2.50. The Labute approximate surface area is 113 Å². The molecule has 1 heterocycles. The zero-order valence-electron chi connectivity index (χ0n) is 11.9. The molecule has 5 heteroatoms. The minimum atomic E-state index is -0.741. The summed E-state index contributed by atoms with van der Waals surface area (Å²) in [7, 11) is 0. The van der Waals surface area contributed by atoms with Crippen molar-refractivity contribution in [3.05, 3.63) is 0 Å². The molecule has 2 fully saturated rings. The maximum Gasteiger partial charge on any atom is 0.410 e. The Morgan fingerprint density at radius 1 is 1.21 bits per heavy atom. The number of rotatable bonds is 2. The number of piperidine rings is 1. The number of carboxylic acids is 1. The average Bonchev–Trinajstić information content (AvgIpc) is 3.09. The zero-order valence-corrected chi connectivity index (χ0v) is 11.9. The maximum atomic E-state index is 12.2. The monoisotopic (exact) mass is 269 g/mol. The van der Waals surface area contributed by atoms with Crippen LogP contribution in [0.25, 0.3) is 0 Å². The Kier molecular flexibility index (Phi) is 3.74. The first kappa shape index (κ1) is 14.2. The smallest absolute Gasteiger partial charge is 0.410 e. The molecule has 0 aromatic carbocycles. The Morgan fingerprint density at radius 2 is 1.84 bits per heavy atom. The van der Waals surface area contributed by atoms with Gasteiger partial charge in [0.25, 0.3) is 0 Å². The number of aliphatic carboxylic acids is 1. The largest absolute Gasteiger partial charge is 0.481 e. The van der Waals surface area contributed by atoms with Gasteiger partial charge in [0.2, 0.25) is 0 Å². The molecule has 2 atom stereocenters. The third kappa shape index (κ3) is 3.61. The van der Waals surface area contributed by atoms with Gasteiger partial charge in [-0.2, -0.15) is 0 Å². The third-order valence-electron chi connectivity index (χ3n) is 3.79. The number of carbonyl (C=O) groups is 2. The van der Waals surface area contributed by atoms with Crippen molar-refractivity contribution in [2.75, 3.05) is 6.54 Å². The summed E-state index contributed by atoms with van der Waals surface area (Å²) in [6, 6.07) is 0.0460. The molecule has 1 aliphatic carbocycles. The van der Waals surface area contributed by atoms with Crippen LogP contribution >= 0.6 is 0 Å². The van der Waals surface area contributed by atoms with Crippen molar-refractivity contribution in [2.24, 2.45) is 11.8 Å². The minimum absolute atomic E-state index is 0.0460. The van der Waals surface area contributed by atoms with Crippen molar-refractivity contribution in [3.63, 3.8) is 0 Å². The number of ether oxygens (including phenoxy) is 1.